The quantitative estimate of drug-likeness (QED) is 0.855. The molecule has 0 amide bonds. The van der Waals surface area contributed by atoms with Crippen LogP contribution in [0.4, 0.5) is 18.9 Å². The molecule has 0 bridgehead atoms. The molecule has 134 valence electrons. The topological polar surface area (TPSA) is 65.5 Å². The highest BCUT2D eigenvalue weighted by atomic mass is 32.2. The normalized spacial score (nSPS) is 20.9. The van der Waals surface area contributed by atoms with Crippen LogP contribution in [0.15, 0.2) is 18.5 Å². The summed E-state index contributed by atoms with van der Waals surface area (Å²) in [6, 6.07) is 1.05. The number of hydrogen-bond acceptors (Lipinski definition) is 5. The van der Waals surface area contributed by atoms with E-state index < -0.39 is 21.8 Å². The highest BCUT2D eigenvalue weighted by Gasteiger charge is 2.33. The Morgan fingerprint density at radius 3 is 2.38 bits per heavy atom. The molecule has 0 aliphatic carbocycles. The summed E-state index contributed by atoms with van der Waals surface area (Å²) in [4.78, 5) is 5.39. The summed E-state index contributed by atoms with van der Waals surface area (Å²) >= 11 is 0. The van der Waals surface area contributed by atoms with Crippen molar-refractivity contribution in [3.05, 3.63) is 24.0 Å². The fraction of sp³-hybridized carbons (Fsp3) is 0.643. The molecule has 1 N–H and O–H groups in total. The molecule has 24 heavy (non-hydrogen) atoms. The third kappa shape index (κ3) is 3.81. The Labute approximate surface area is 138 Å². The van der Waals surface area contributed by atoms with E-state index in [4.69, 9.17) is 0 Å². The Hall–Kier alpha value is -1.39. The number of halogens is 3. The van der Waals surface area contributed by atoms with E-state index >= 15 is 0 Å². The van der Waals surface area contributed by atoms with Crippen molar-refractivity contribution in [2.75, 3.05) is 49.9 Å². The van der Waals surface area contributed by atoms with Gasteiger partial charge in [0.15, 0.2) is 0 Å². The Bertz CT molecular complexity index is 684. The van der Waals surface area contributed by atoms with Crippen LogP contribution in [0.3, 0.4) is 0 Å². The molecule has 2 fully saturated rings. The monoisotopic (exact) mass is 364 g/mol. The van der Waals surface area contributed by atoms with Gasteiger partial charge in [0.2, 0.25) is 10.0 Å². The summed E-state index contributed by atoms with van der Waals surface area (Å²) in [5.74, 6) is 0.283. The molecule has 6 nitrogen and oxygen atoms in total. The molecular formula is C14H19F3N4O2S. The van der Waals surface area contributed by atoms with Crippen LogP contribution >= 0.6 is 0 Å². The predicted molar refractivity (Wildman–Crippen MR) is 83.2 cm³/mol. The fourth-order valence-corrected chi connectivity index (χ4v) is 4.61. The molecule has 1 aromatic rings. The minimum atomic E-state index is -4.44. The molecule has 10 heteroatoms. The van der Waals surface area contributed by atoms with Crippen LogP contribution in [-0.4, -0.2) is 62.7 Å². The van der Waals surface area contributed by atoms with Crippen molar-refractivity contribution in [3.8, 4) is 0 Å². The van der Waals surface area contributed by atoms with E-state index in [0.717, 1.165) is 25.4 Å². The van der Waals surface area contributed by atoms with Gasteiger partial charge in [-0.2, -0.15) is 17.5 Å². The summed E-state index contributed by atoms with van der Waals surface area (Å²) in [5.41, 5.74) is -0.433. The lowest BCUT2D eigenvalue weighted by molar-refractivity contribution is -0.137. The summed E-state index contributed by atoms with van der Waals surface area (Å²) in [5, 5.41) is 3.04. The molecule has 1 aromatic heterocycles. The summed E-state index contributed by atoms with van der Waals surface area (Å²) in [6.45, 7) is 2.69. The SMILES string of the molecule is O=S(=O)(CC1CNC1)N1CCN(c2cncc(C(F)(F)F)c2)CC1. The number of alkyl halides is 3. The standard InChI is InChI=1S/C14H19F3N4O2S/c15-14(16,17)12-5-13(9-19-8-12)20-1-3-21(4-2-20)24(22,23)10-11-6-18-7-11/h5,8-9,11,18H,1-4,6-7,10H2. The van der Waals surface area contributed by atoms with Crippen molar-refractivity contribution in [1.82, 2.24) is 14.6 Å². The zero-order valence-corrected chi connectivity index (χ0v) is 13.8. The molecule has 2 aliphatic heterocycles. The van der Waals surface area contributed by atoms with Crippen molar-refractivity contribution >= 4 is 15.7 Å². The summed E-state index contributed by atoms with van der Waals surface area (Å²) < 4.78 is 64.4. The first-order valence-corrected chi connectivity index (χ1v) is 9.32. The average molecular weight is 364 g/mol. The number of nitrogens with one attached hydrogen (secondary N) is 1. The highest BCUT2D eigenvalue weighted by Crippen LogP contribution is 2.31. The Morgan fingerprint density at radius 2 is 1.83 bits per heavy atom. The van der Waals surface area contributed by atoms with Gasteiger partial charge in [0.05, 0.1) is 23.2 Å². The second kappa shape index (κ2) is 6.49. The van der Waals surface area contributed by atoms with Gasteiger partial charge in [-0.15, -0.1) is 0 Å². The van der Waals surface area contributed by atoms with Crippen LogP contribution in [0.1, 0.15) is 5.56 Å². The maximum Gasteiger partial charge on any atom is 0.417 e. The van der Waals surface area contributed by atoms with E-state index in [1.807, 2.05) is 0 Å². The van der Waals surface area contributed by atoms with Crippen molar-refractivity contribution in [1.29, 1.82) is 0 Å². The van der Waals surface area contributed by atoms with Gasteiger partial charge in [-0.1, -0.05) is 0 Å². The van der Waals surface area contributed by atoms with Gasteiger partial charge in [-0.05, 0) is 12.0 Å². The van der Waals surface area contributed by atoms with E-state index in [-0.39, 0.29) is 24.8 Å². The van der Waals surface area contributed by atoms with Gasteiger partial charge >= 0.3 is 6.18 Å². The minimum Gasteiger partial charge on any atom is -0.368 e. The number of piperazine rings is 1. The molecule has 2 aliphatic rings. The average Bonchev–Trinajstić information content (AvgIpc) is 2.51. The number of rotatable bonds is 4. The number of anilines is 1. The van der Waals surface area contributed by atoms with Gasteiger partial charge in [-0.3, -0.25) is 4.98 Å². The van der Waals surface area contributed by atoms with Crippen LogP contribution in [0.5, 0.6) is 0 Å². The maximum atomic E-state index is 12.8. The van der Waals surface area contributed by atoms with E-state index in [1.54, 1.807) is 4.90 Å². The Kier molecular flexibility index (Phi) is 4.71. The molecule has 2 saturated heterocycles. The van der Waals surface area contributed by atoms with E-state index in [9.17, 15) is 21.6 Å². The van der Waals surface area contributed by atoms with E-state index in [2.05, 4.69) is 10.3 Å². The molecule has 3 heterocycles. The third-order valence-corrected chi connectivity index (χ3v) is 6.41. The van der Waals surface area contributed by atoms with Crippen molar-refractivity contribution < 1.29 is 21.6 Å². The number of pyridine rings is 1. The molecule has 0 radical (unpaired) electrons. The first-order valence-electron chi connectivity index (χ1n) is 7.71. The van der Waals surface area contributed by atoms with E-state index in [1.165, 1.54) is 10.5 Å². The van der Waals surface area contributed by atoms with Crippen molar-refractivity contribution in [2.24, 2.45) is 5.92 Å². The van der Waals surface area contributed by atoms with Gasteiger partial charge in [0, 0.05) is 45.5 Å². The molecule has 0 unspecified atom stereocenters. The Balaban J connectivity index is 1.62. The lowest BCUT2D eigenvalue weighted by Gasteiger charge is -2.37. The minimum absolute atomic E-state index is 0.130. The largest absolute Gasteiger partial charge is 0.417 e. The van der Waals surface area contributed by atoms with E-state index in [0.29, 0.717) is 18.8 Å². The molecule has 0 spiro atoms. The lowest BCUT2D eigenvalue weighted by Crippen LogP contribution is -2.53. The lowest BCUT2D eigenvalue weighted by atomic mass is 10.1. The van der Waals surface area contributed by atoms with Crippen molar-refractivity contribution in [3.63, 3.8) is 0 Å². The fourth-order valence-electron chi connectivity index (χ4n) is 2.85. The Morgan fingerprint density at radius 1 is 1.17 bits per heavy atom. The maximum absolute atomic E-state index is 12.8. The van der Waals surface area contributed by atoms with Gasteiger partial charge in [0.1, 0.15) is 0 Å². The van der Waals surface area contributed by atoms with Crippen LogP contribution in [0.2, 0.25) is 0 Å². The van der Waals surface area contributed by atoms with Crippen LogP contribution in [0, 0.1) is 5.92 Å². The first-order chi connectivity index (χ1) is 11.3. The van der Waals surface area contributed by atoms with Crippen LogP contribution in [0.25, 0.3) is 0 Å². The number of nitrogens with zero attached hydrogens (tertiary/aromatic N) is 3. The molecule has 3 rings (SSSR count). The molecule has 0 aromatic carbocycles. The zero-order chi connectivity index (χ0) is 17.4. The summed E-state index contributed by atoms with van der Waals surface area (Å²) in [6.07, 6.45) is -2.28. The predicted octanol–water partition coefficient (Wildman–Crippen LogP) is 0.772. The highest BCUT2D eigenvalue weighted by molar-refractivity contribution is 7.89. The second-order valence-corrected chi connectivity index (χ2v) is 8.13. The molecular weight excluding hydrogens is 345 g/mol. The van der Waals surface area contributed by atoms with Gasteiger partial charge in [-0.25, -0.2) is 8.42 Å². The van der Waals surface area contributed by atoms with Gasteiger partial charge in [0.25, 0.3) is 0 Å². The first kappa shape index (κ1) is 17.4. The van der Waals surface area contributed by atoms with Gasteiger partial charge < -0.3 is 10.2 Å². The van der Waals surface area contributed by atoms with Crippen molar-refractivity contribution in [2.45, 2.75) is 6.18 Å². The zero-order valence-electron chi connectivity index (χ0n) is 13.0. The molecule has 0 atom stereocenters. The van der Waals surface area contributed by atoms with Crippen LogP contribution < -0.4 is 10.2 Å². The number of hydrogen-bond donors (Lipinski definition) is 1. The second-order valence-electron chi connectivity index (χ2n) is 6.12. The number of sulfonamides is 1. The summed E-state index contributed by atoms with van der Waals surface area (Å²) in [7, 11) is -3.31. The third-order valence-electron chi connectivity index (χ3n) is 4.36. The smallest absolute Gasteiger partial charge is 0.368 e. The van der Waals surface area contributed by atoms with Crippen LogP contribution in [-0.2, 0) is 16.2 Å². The molecule has 0 saturated carbocycles. The number of aromatic nitrogens is 1.